The van der Waals surface area contributed by atoms with Gasteiger partial charge in [-0.2, -0.15) is 0 Å². The number of carbonyl (C=O) groups excluding carboxylic acids is 1. The molecule has 41 heavy (non-hydrogen) atoms. The van der Waals surface area contributed by atoms with Crippen molar-refractivity contribution in [3.8, 4) is 23.0 Å². The minimum absolute atomic E-state index is 0.169. The molecule has 0 atom stereocenters. The average molecular weight is 560 g/mol. The molecule has 0 radical (unpaired) electrons. The molecular formula is C33H41N3O5. The quantitative estimate of drug-likeness (QED) is 0.161. The first-order valence-corrected chi connectivity index (χ1v) is 14.3. The van der Waals surface area contributed by atoms with Crippen molar-refractivity contribution in [3.63, 3.8) is 0 Å². The van der Waals surface area contributed by atoms with E-state index in [4.69, 9.17) is 23.9 Å². The third-order valence-corrected chi connectivity index (χ3v) is 7.06. The van der Waals surface area contributed by atoms with Crippen molar-refractivity contribution in [1.29, 1.82) is 0 Å². The Morgan fingerprint density at radius 2 is 1.63 bits per heavy atom. The van der Waals surface area contributed by atoms with Crippen molar-refractivity contribution in [1.82, 2.24) is 14.9 Å². The molecule has 218 valence electrons. The van der Waals surface area contributed by atoms with Crippen LogP contribution in [0.25, 0.3) is 11.0 Å². The van der Waals surface area contributed by atoms with Crippen LogP contribution in [0.15, 0.2) is 60.7 Å². The van der Waals surface area contributed by atoms with E-state index in [0.717, 1.165) is 62.2 Å². The number of nitrogens with zero attached hydrogens (tertiary/aromatic N) is 2. The van der Waals surface area contributed by atoms with Gasteiger partial charge in [-0.05, 0) is 74.6 Å². The number of fused-ring (bicyclic) bond motifs is 1. The number of hydrogen-bond acceptors (Lipinski definition) is 6. The lowest BCUT2D eigenvalue weighted by Crippen LogP contribution is -2.24. The predicted molar refractivity (Wildman–Crippen MR) is 162 cm³/mol. The molecule has 4 aromatic rings. The normalized spacial score (nSPS) is 10.9. The topological polar surface area (TPSA) is 83.8 Å². The number of carbonyl (C=O) groups is 1. The van der Waals surface area contributed by atoms with Gasteiger partial charge in [-0.3, -0.25) is 4.79 Å². The molecule has 0 fully saturated rings. The highest BCUT2D eigenvalue weighted by Crippen LogP contribution is 2.38. The zero-order chi connectivity index (χ0) is 29.0. The zero-order valence-electron chi connectivity index (χ0n) is 24.6. The number of nitrogens with one attached hydrogen (secondary N) is 1. The highest BCUT2D eigenvalue weighted by molar-refractivity contribution is 5.95. The fourth-order valence-corrected chi connectivity index (χ4v) is 4.93. The minimum atomic E-state index is -0.169. The monoisotopic (exact) mass is 559 g/mol. The fourth-order valence-electron chi connectivity index (χ4n) is 4.93. The molecule has 0 saturated carbocycles. The number of benzene rings is 3. The minimum Gasteiger partial charge on any atom is -0.494 e. The Morgan fingerprint density at radius 3 is 2.37 bits per heavy atom. The molecule has 0 spiro atoms. The van der Waals surface area contributed by atoms with Crippen molar-refractivity contribution >= 4 is 16.9 Å². The Morgan fingerprint density at radius 1 is 0.854 bits per heavy atom. The molecular weight excluding hydrogens is 518 g/mol. The summed E-state index contributed by atoms with van der Waals surface area (Å²) in [5.74, 6) is 3.26. The summed E-state index contributed by atoms with van der Waals surface area (Å²) in [6.07, 6.45) is 5.77. The van der Waals surface area contributed by atoms with E-state index in [-0.39, 0.29) is 5.91 Å². The van der Waals surface area contributed by atoms with E-state index in [0.29, 0.717) is 36.0 Å². The van der Waals surface area contributed by atoms with Gasteiger partial charge in [0.25, 0.3) is 5.91 Å². The Kier molecular flexibility index (Phi) is 10.9. The van der Waals surface area contributed by atoms with Gasteiger partial charge >= 0.3 is 0 Å². The number of unbranched alkanes of at least 4 members (excludes halogenated alkanes) is 3. The number of rotatable bonds is 16. The predicted octanol–water partition coefficient (Wildman–Crippen LogP) is 6.37. The molecule has 1 aromatic heterocycles. The van der Waals surface area contributed by atoms with E-state index in [1.807, 2.05) is 18.2 Å². The number of aromatic nitrogens is 2. The number of aryl methyl sites for hydroxylation is 3. The molecule has 1 heterocycles. The molecule has 1 amide bonds. The summed E-state index contributed by atoms with van der Waals surface area (Å²) >= 11 is 0. The molecule has 8 nitrogen and oxygen atoms in total. The van der Waals surface area contributed by atoms with Crippen LogP contribution in [0.2, 0.25) is 0 Å². The number of methoxy groups -OCH3 is 3. The van der Waals surface area contributed by atoms with Crippen LogP contribution in [0.4, 0.5) is 0 Å². The summed E-state index contributed by atoms with van der Waals surface area (Å²) in [7, 11) is 4.61. The number of hydrogen-bond donors (Lipinski definition) is 1. The van der Waals surface area contributed by atoms with E-state index < -0.39 is 0 Å². The van der Waals surface area contributed by atoms with Crippen molar-refractivity contribution in [2.24, 2.45) is 0 Å². The summed E-state index contributed by atoms with van der Waals surface area (Å²) in [6, 6.07) is 19.8. The Bertz CT molecular complexity index is 1410. The second kappa shape index (κ2) is 15.0. The van der Waals surface area contributed by atoms with Gasteiger partial charge < -0.3 is 28.8 Å². The van der Waals surface area contributed by atoms with Crippen molar-refractivity contribution < 1.29 is 23.7 Å². The number of para-hydroxylation sites is 2. The SMILES string of the molecule is COc1cc(C(=O)NCCCCCc2nc3ccccc3n2CCCCOc2cccc(C)c2)cc(OC)c1OC. The van der Waals surface area contributed by atoms with E-state index in [9.17, 15) is 4.79 Å². The molecule has 0 saturated heterocycles. The van der Waals surface area contributed by atoms with Crippen LogP contribution in [0.3, 0.4) is 0 Å². The first-order valence-electron chi connectivity index (χ1n) is 14.3. The molecule has 8 heteroatoms. The summed E-state index contributed by atoms with van der Waals surface area (Å²) in [6.45, 7) is 4.28. The Labute approximate surface area is 242 Å². The molecule has 4 rings (SSSR count). The Hall–Kier alpha value is -4.20. The van der Waals surface area contributed by atoms with Gasteiger partial charge in [-0.25, -0.2) is 4.98 Å². The molecule has 0 bridgehead atoms. The van der Waals surface area contributed by atoms with Crippen LogP contribution in [0.5, 0.6) is 23.0 Å². The van der Waals surface area contributed by atoms with Gasteiger partial charge in [0.2, 0.25) is 5.75 Å². The van der Waals surface area contributed by atoms with Crippen LogP contribution in [-0.4, -0.2) is 49.9 Å². The van der Waals surface area contributed by atoms with Crippen LogP contribution in [0, 0.1) is 6.92 Å². The summed E-state index contributed by atoms with van der Waals surface area (Å²) in [5, 5.41) is 3.00. The van der Waals surface area contributed by atoms with E-state index in [1.54, 1.807) is 12.1 Å². The van der Waals surface area contributed by atoms with Crippen molar-refractivity contribution in [2.75, 3.05) is 34.5 Å². The van der Waals surface area contributed by atoms with Crippen molar-refractivity contribution in [2.45, 2.75) is 52.0 Å². The zero-order valence-corrected chi connectivity index (χ0v) is 24.6. The van der Waals surface area contributed by atoms with Crippen molar-refractivity contribution in [3.05, 3.63) is 77.6 Å². The largest absolute Gasteiger partial charge is 0.494 e. The molecule has 0 aliphatic heterocycles. The van der Waals surface area contributed by atoms with E-state index in [1.165, 1.54) is 32.4 Å². The highest BCUT2D eigenvalue weighted by Gasteiger charge is 2.17. The van der Waals surface area contributed by atoms with Crippen LogP contribution >= 0.6 is 0 Å². The van der Waals surface area contributed by atoms with Crippen LogP contribution in [0.1, 0.15) is 53.8 Å². The molecule has 1 N–H and O–H groups in total. The van der Waals surface area contributed by atoms with E-state index >= 15 is 0 Å². The number of ether oxygens (including phenoxy) is 4. The van der Waals surface area contributed by atoms with Gasteiger partial charge in [0, 0.05) is 25.1 Å². The first kappa shape index (κ1) is 29.8. The number of imidazole rings is 1. The summed E-state index contributed by atoms with van der Waals surface area (Å²) in [4.78, 5) is 17.7. The van der Waals surface area contributed by atoms with Gasteiger partial charge in [0.15, 0.2) is 11.5 Å². The number of amides is 1. The second-order valence-electron chi connectivity index (χ2n) is 10.0. The summed E-state index contributed by atoms with van der Waals surface area (Å²) in [5.41, 5.74) is 3.89. The lowest BCUT2D eigenvalue weighted by Gasteiger charge is -2.14. The maximum absolute atomic E-state index is 12.7. The van der Waals surface area contributed by atoms with E-state index in [2.05, 4.69) is 47.1 Å². The molecule has 0 aliphatic rings. The smallest absolute Gasteiger partial charge is 0.251 e. The average Bonchev–Trinajstić information content (AvgIpc) is 3.34. The molecule has 0 aliphatic carbocycles. The third kappa shape index (κ3) is 7.93. The lowest BCUT2D eigenvalue weighted by molar-refractivity contribution is 0.0952. The highest BCUT2D eigenvalue weighted by atomic mass is 16.5. The molecule has 3 aromatic carbocycles. The van der Waals surface area contributed by atoms with Gasteiger partial charge in [-0.1, -0.05) is 30.7 Å². The Balaban J connectivity index is 1.24. The van der Waals surface area contributed by atoms with Gasteiger partial charge in [0.1, 0.15) is 11.6 Å². The standard InChI is InChI=1S/C33H41N3O5/c1-24-13-12-14-26(21-24)41-20-11-10-19-36-28-16-8-7-15-27(28)35-31(36)17-6-5-9-18-34-33(37)25-22-29(38-2)32(40-4)30(23-25)39-3/h7-8,12-16,21-23H,5-6,9-11,17-20H2,1-4H3,(H,34,37). The first-order chi connectivity index (χ1) is 20.0. The summed E-state index contributed by atoms with van der Waals surface area (Å²) < 4.78 is 24.3. The van der Waals surface area contributed by atoms with Gasteiger partial charge in [-0.15, -0.1) is 0 Å². The molecule has 0 unspecified atom stereocenters. The lowest BCUT2D eigenvalue weighted by atomic mass is 10.1. The van der Waals surface area contributed by atoms with Gasteiger partial charge in [0.05, 0.1) is 39.0 Å². The second-order valence-corrected chi connectivity index (χ2v) is 10.0. The maximum Gasteiger partial charge on any atom is 0.251 e. The fraction of sp³-hybridized carbons (Fsp3) is 0.394. The third-order valence-electron chi connectivity index (χ3n) is 7.06. The van der Waals surface area contributed by atoms with Crippen LogP contribution in [-0.2, 0) is 13.0 Å². The maximum atomic E-state index is 12.7. The van der Waals surface area contributed by atoms with Crippen LogP contribution < -0.4 is 24.3 Å².